The molecule has 1 saturated heterocycles. The molecule has 1 fully saturated rings. The van der Waals surface area contributed by atoms with Crippen molar-refractivity contribution in [1.29, 1.82) is 0 Å². The predicted octanol–water partition coefficient (Wildman–Crippen LogP) is 5.45. The lowest BCUT2D eigenvalue weighted by atomic mass is 9.96. The Hall–Kier alpha value is -3.19. The van der Waals surface area contributed by atoms with Gasteiger partial charge < -0.3 is 14.6 Å². The molecule has 0 bridgehead atoms. The molecule has 5 rings (SSSR count). The van der Waals surface area contributed by atoms with Crippen molar-refractivity contribution in [3.8, 4) is 11.5 Å². The van der Waals surface area contributed by atoms with Gasteiger partial charge in [-0.15, -0.1) is 11.3 Å². The summed E-state index contributed by atoms with van der Waals surface area (Å²) in [6.07, 6.45) is 10.9. The number of phenolic OH excluding ortho intramolecular Hbond substituents is 1. The van der Waals surface area contributed by atoms with Crippen LogP contribution in [0.3, 0.4) is 0 Å². The zero-order chi connectivity index (χ0) is 23.3. The second kappa shape index (κ2) is 10.4. The summed E-state index contributed by atoms with van der Waals surface area (Å²) in [4.78, 5) is 17.0. The lowest BCUT2D eigenvalue weighted by Gasteiger charge is -2.26. The second-order valence-electron chi connectivity index (χ2n) is 8.35. The summed E-state index contributed by atoms with van der Waals surface area (Å²) in [6, 6.07) is 12.6. The number of hydrogen-bond acceptors (Lipinski definition) is 6. The van der Waals surface area contributed by atoms with E-state index in [0.29, 0.717) is 17.7 Å². The number of rotatable bonds is 7. The maximum Gasteiger partial charge on any atom is 0.195 e. The van der Waals surface area contributed by atoms with Crippen LogP contribution in [-0.2, 0) is 4.74 Å². The standard InChI is InChI=1S/C28H27NO4S/c30-22-9-12-24-25(19-22)34-28(21-5-3-1-2-4-6-21)26(24)27(31)20-7-10-23(11-8-20)33-18-15-29-13-16-32-17-14-29/h1-5,7-12,19,30H,6,13-18H2. The summed E-state index contributed by atoms with van der Waals surface area (Å²) in [5.41, 5.74) is 2.41. The van der Waals surface area contributed by atoms with Crippen LogP contribution < -0.4 is 4.74 Å². The number of phenols is 1. The summed E-state index contributed by atoms with van der Waals surface area (Å²) in [5.74, 6) is 0.935. The molecule has 0 amide bonds. The minimum absolute atomic E-state index is 0.0232. The van der Waals surface area contributed by atoms with Gasteiger partial charge in [-0.1, -0.05) is 30.4 Å². The van der Waals surface area contributed by atoms with Crippen molar-refractivity contribution in [2.75, 3.05) is 39.5 Å². The van der Waals surface area contributed by atoms with Crippen molar-refractivity contribution in [3.63, 3.8) is 0 Å². The molecule has 0 saturated carbocycles. The van der Waals surface area contributed by atoms with Crippen LogP contribution in [0.1, 0.15) is 27.2 Å². The molecule has 0 radical (unpaired) electrons. The van der Waals surface area contributed by atoms with E-state index in [2.05, 4.69) is 17.1 Å². The average Bonchev–Trinajstić information content (AvgIpc) is 3.03. The van der Waals surface area contributed by atoms with E-state index in [1.54, 1.807) is 23.5 Å². The number of thiophene rings is 1. The Morgan fingerprint density at radius 1 is 1.06 bits per heavy atom. The van der Waals surface area contributed by atoms with Crippen LogP contribution in [0.15, 0.2) is 72.8 Å². The van der Waals surface area contributed by atoms with E-state index in [1.165, 1.54) is 0 Å². The number of carbonyl (C=O) groups is 1. The Kier molecular flexibility index (Phi) is 6.90. The highest BCUT2D eigenvalue weighted by Gasteiger charge is 2.23. The first-order chi connectivity index (χ1) is 16.7. The molecule has 0 unspecified atom stereocenters. The maximum absolute atomic E-state index is 13.7. The van der Waals surface area contributed by atoms with E-state index in [0.717, 1.165) is 65.6 Å². The van der Waals surface area contributed by atoms with Crippen LogP contribution in [0.25, 0.3) is 15.7 Å². The highest BCUT2D eigenvalue weighted by molar-refractivity contribution is 7.20. The molecule has 1 aliphatic carbocycles. The number of ketones is 1. The molecule has 1 aliphatic heterocycles. The summed E-state index contributed by atoms with van der Waals surface area (Å²) in [7, 11) is 0. The molecular weight excluding hydrogens is 446 g/mol. The van der Waals surface area contributed by atoms with Gasteiger partial charge in [0.15, 0.2) is 5.78 Å². The van der Waals surface area contributed by atoms with Gasteiger partial charge in [0.05, 0.1) is 13.2 Å². The number of fused-ring (bicyclic) bond motifs is 1. The quantitative estimate of drug-likeness (QED) is 0.463. The van der Waals surface area contributed by atoms with Crippen LogP contribution in [0.2, 0.25) is 0 Å². The van der Waals surface area contributed by atoms with Gasteiger partial charge in [-0.05, 0) is 54.5 Å². The van der Waals surface area contributed by atoms with E-state index in [1.807, 2.05) is 48.6 Å². The number of aromatic hydroxyl groups is 1. The van der Waals surface area contributed by atoms with Crippen LogP contribution in [0.4, 0.5) is 0 Å². The van der Waals surface area contributed by atoms with Gasteiger partial charge in [0.1, 0.15) is 18.1 Å². The summed E-state index contributed by atoms with van der Waals surface area (Å²) >= 11 is 1.55. The fourth-order valence-corrected chi connectivity index (χ4v) is 5.51. The first-order valence-electron chi connectivity index (χ1n) is 11.5. The van der Waals surface area contributed by atoms with Crippen molar-refractivity contribution in [3.05, 3.63) is 88.8 Å². The lowest BCUT2D eigenvalue weighted by Crippen LogP contribution is -2.38. The van der Waals surface area contributed by atoms with Crippen molar-refractivity contribution >= 4 is 32.8 Å². The maximum atomic E-state index is 13.7. The van der Waals surface area contributed by atoms with Crippen molar-refractivity contribution in [1.82, 2.24) is 4.90 Å². The fourth-order valence-electron chi connectivity index (χ4n) is 4.25. The van der Waals surface area contributed by atoms with Gasteiger partial charge in [0, 0.05) is 45.7 Å². The van der Waals surface area contributed by atoms with Crippen LogP contribution in [0.5, 0.6) is 11.5 Å². The SMILES string of the molecule is O=C(c1ccc(OCCN2CCOCC2)cc1)c1c(C2=CC=CC=CC2)sc2cc(O)ccc12. The van der Waals surface area contributed by atoms with Crippen molar-refractivity contribution < 1.29 is 19.4 Å². The number of ether oxygens (including phenoxy) is 2. The number of nitrogens with zero attached hydrogens (tertiary/aromatic N) is 1. The Labute approximate surface area is 203 Å². The number of hydrogen-bond donors (Lipinski definition) is 1. The topological polar surface area (TPSA) is 59.0 Å². The number of carbonyl (C=O) groups excluding carboxylic acids is 1. The second-order valence-corrected chi connectivity index (χ2v) is 9.40. The smallest absolute Gasteiger partial charge is 0.195 e. The Balaban J connectivity index is 1.38. The first kappa shape index (κ1) is 22.6. The van der Waals surface area contributed by atoms with Gasteiger partial charge in [-0.25, -0.2) is 0 Å². The number of morpholine rings is 1. The zero-order valence-electron chi connectivity index (χ0n) is 18.9. The molecule has 6 heteroatoms. The molecule has 0 spiro atoms. The van der Waals surface area contributed by atoms with Crippen molar-refractivity contribution in [2.24, 2.45) is 0 Å². The highest BCUT2D eigenvalue weighted by Crippen LogP contribution is 2.40. The van der Waals surface area contributed by atoms with Crippen LogP contribution in [-0.4, -0.2) is 55.2 Å². The molecule has 2 heterocycles. The van der Waals surface area contributed by atoms with E-state index in [9.17, 15) is 9.90 Å². The van der Waals surface area contributed by atoms with Gasteiger partial charge in [0.2, 0.25) is 0 Å². The molecule has 1 N–H and O–H groups in total. The van der Waals surface area contributed by atoms with Crippen LogP contribution >= 0.6 is 11.3 Å². The largest absolute Gasteiger partial charge is 0.508 e. The summed E-state index contributed by atoms with van der Waals surface area (Å²) < 4.78 is 12.2. The molecule has 0 atom stereocenters. The van der Waals surface area contributed by atoms with E-state index < -0.39 is 0 Å². The van der Waals surface area contributed by atoms with E-state index in [-0.39, 0.29) is 11.5 Å². The summed E-state index contributed by atoms with van der Waals surface area (Å²) in [5, 5.41) is 10.9. The average molecular weight is 474 g/mol. The predicted molar refractivity (Wildman–Crippen MR) is 137 cm³/mol. The van der Waals surface area contributed by atoms with E-state index in [4.69, 9.17) is 9.47 Å². The molecule has 2 aliphatic rings. The molecule has 1 aromatic heterocycles. The molecular formula is C28H27NO4S. The monoisotopic (exact) mass is 473 g/mol. The van der Waals surface area contributed by atoms with E-state index >= 15 is 0 Å². The number of benzene rings is 2. The third kappa shape index (κ3) is 4.99. The van der Waals surface area contributed by atoms with Gasteiger partial charge in [0.25, 0.3) is 0 Å². The molecule has 2 aromatic carbocycles. The van der Waals surface area contributed by atoms with Gasteiger partial charge in [-0.2, -0.15) is 0 Å². The van der Waals surface area contributed by atoms with Crippen LogP contribution in [0, 0.1) is 0 Å². The lowest BCUT2D eigenvalue weighted by molar-refractivity contribution is 0.0322. The Morgan fingerprint density at radius 2 is 1.88 bits per heavy atom. The highest BCUT2D eigenvalue weighted by atomic mass is 32.1. The minimum Gasteiger partial charge on any atom is -0.508 e. The normalized spacial score (nSPS) is 16.4. The Bertz CT molecular complexity index is 1260. The molecule has 3 aromatic rings. The fraction of sp³-hybridized carbons (Fsp3) is 0.250. The molecule has 34 heavy (non-hydrogen) atoms. The zero-order valence-corrected chi connectivity index (χ0v) is 19.7. The number of allylic oxidation sites excluding steroid dienone is 6. The Morgan fingerprint density at radius 3 is 2.71 bits per heavy atom. The molecule has 174 valence electrons. The minimum atomic E-state index is -0.0232. The van der Waals surface area contributed by atoms with Gasteiger partial charge >= 0.3 is 0 Å². The first-order valence-corrected chi connectivity index (χ1v) is 12.4. The molecule has 5 nitrogen and oxygen atoms in total. The third-order valence-corrected chi connectivity index (χ3v) is 7.31. The van der Waals surface area contributed by atoms with Crippen molar-refractivity contribution in [2.45, 2.75) is 6.42 Å². The summed E-state index contributed by atoms with van der Waals surface area (Å²) in [6.45, 7) is 4.89. The van der Waals surface area contributed by atoms with Gasteiger partial charge in [-0.3, -0.25) is 9.69 Å². The third-order valence-electron chi connectivity index (χ3n) is 6.08.